The second-order valence-electron chi connectivity index (χ2n) is 6.39. The Labute approximate surface area is 157 Å². The van der Waals surface area contributed by atoms with Gasteiger partial charge in [-0.2, -0.15) is 0 Å². The minimum atomic E-state index is -3.04. The molecule has 1 atom stereocenters. The summed E-state index contributed by atoms with van der Waals surface area (Å²) in [6.45, 7) is 1.45. The Kier molecular flexibility index (Phi) is 5.41. The highest BCUT2D eigenvalue weighted by molar-refractivity contribution is 7.91. The summed E-state index contributed by atoms with van der Waals surface area (Å²) in [6.07, 6.45) is 1.96. The Morgan fingerprint density at radius 3 is 2.26 bits per heavy atom. The molecule has 0 bridgehead atoms. The third-order valence-corrected chi connectivity index (χ3v) is 5.83. The van der Waals surface area contributed by atoms with Gasteiger partial charge in [0, 0.05) is 24.3 Å². The van der Waals surface area contributed by atoms with Crippen molar-refractivity contribution in [1.82, 2.24) is 10.3 Å². The quantitative estimate of drug-likeness (QED) is 0.718. The molecular formula is C18H20N4O4S. The van der Waals surface area contributed by atoms with E-state index < -0.39 is 9.84 Å². The van der Waals surface area contributed by atoms with Crippen molar-refractivity contribution >= 4 is 38.7 Å². The van der Waals surface area contributed by atoms with Crippen LogP contribution in [-0.2, 0) is 14.6 Å². The van der Waals surface area contributed by atoms with Crippen LogP contribution < -0.4 is 16.0 Å². The van der Waals surface area contributed by atoms with Gasteiger partial charge in [0.1, 0.15) is 5.69 Å². The number of nitrogens with one attached hydrogen (secondary N) is 3. The van der Waals surface area contributed by atoms with Gasteiger partial charge in [-0.3, -0.25) is 9.59 Å². The standard InChI is InChI=1S/C18H20N4O4S/c1-12(23)20-13-2-4-14(5-3-13)21-15-6-7-17(19-10-15)18(24)22-16-8-9-27(25,26)11-16/h2-7,10,16,21H,8-9,11H2,1H3,(H,20,23)(H,22,24). The molecule has 0 saturated carbocycles. The zero-order chi connectivity index (χ0) is 19.4. The SMILES string of the molecule is CC(=O)Nc1ccc(Nc2ccc(C(=O)NC3CCS(=O)(=O)C3)nc2)cc1. The molecule has 2 aromatic rings. The fourth-order valence-electron chi connectivity index (χ4n) is 2.78. The lowest BCUT2D eigenvalue weighted by Crippen LogP contribution is -2.36. The first-order valence-corrected chi connectivity index (χ1v) is 10.2. The molecule has 0 aliphatic carbocycles. The van der Waals surface area contributed by atoms with Crippen LogP contribution in [0.15, 0.2) is 42.6 Å². The van der Waals surface area contributed by atoms with Crippen LogP contribution in [0, 0.1) is 0 Å². The van der Waals surface area contributed by atoms with Gasteiger partial charge in [0.2, 0.25) is 5.91 Å². The number of amides is 2. The van der Waals surface area contributed by atoms with Gasteiger partial charge in [-0.1, -0.05) is 0 Å². The molecule has 1 aliphatic rings. The maximum absolute atomic E-state index is 12.2. The number of pyridine rings is 1. The largest absolute Gasteiger partial charge is 0.354 e. The number of carbonyl (C=O) groups is 2. The fraction of sp³-hybridized carbons (Fsp3) is 0.278. The highest BCUT2D eigenvalue weighted by Crippen LogP contribution is 2.19. The first-order valence-electron chi connectivity index (χ1n) is 8.43. The summed E-state index contributed by atoms with van der Waals surface area (Å²) in [4.78, 5) is 27.3. The highest BCUT2D eigenvalue weighted by Gasteiger charge is 2.29. The number of carbonyl (C=O) groups excluding carboxylic acids is 2. The van der Waals surface area contributed by atoms with Crippen molar-refractivity contribution in [2.75, 3.05) is 22.1 Å². The van der Waals surface area contributed by atoms with Crippen molar-refractivity contribution in [2.45, 2.75) is 19.4 Å². The number of hydrogen-bond acceptors (Lipinski definition) is 6. The average molecular weight is 388 g/mol. The Morgan fingerprint density at radius 1 is 1.04 bits per heavy atom. The molecule has 2 heterocycles. The van der Waals surface area contributed by atoms with E-state index in [4.69, 9.17) is 0 Å². The van der Waals surface area contributed by atoms with E-state index in [9.17, 15) is 18.0 Å². The smallest absolute Gasteiger partial charge is 0.270 e. The Morgan fingerprint density at radius 2 is 1.70 bits per heavy atom. The molecule has 9 heteroatoms. The van der Waals surface area contributed by atoms with Crippen molar-refractivity contribution in [3.05, 3.63) is 48.3 Å². The van der Waals surface area contributed by atoms with E-state index in [1.165, 1.54) is 13.1 Å². The summed E-state index contributed by atoms with van der Waals surface area (Å²) in [5, 5.41) is 8.54. The molecule has 27 heavy (non-hydrogen) atoms. The molecule has 3 N–H and O–H groups in total. The van der Waals surface area contributed by atoms with Gasteiger partial charge >= 0.3 is 0 Å². The van der Waals surface area contributed by atoms with E-state index in [0.717, 1.165) is 5.69 Å². The molecule has 1 aliphatic heterocycles. The molecular weight excluding hydrogens is 368 g/mol. The van der Waals surface area contributed by atoms with E-state index >= 15 is 0 Å². The van der Waals surface area contributed by atoms with E-state index in [-0.39, 0.29) is 35.1 Å². The second kappa shape index (κ2) is 7.75. The van der Waals surface area contributed by atoms with Crippen molar-refractivity contribution in [3.8, 4) is 0 Å². The molecule has 0 radical (unpaired) electrons. The first-order chi connectivity index (χ1) is 12.8. The lowest BCUT2D eigenvalue weighted by molar-refractivity contribution is -0.114. The van der Waals surface area contributed by atoms with Crippen molar-refractivity contribution in [2.24, 2.45) is 0 Å². The van der Waals surface area contributed by atoms with Gasteiger partial charge < -0.3 is 16.0 Å². The van der Waals surface area contributed by atoms with E-state index in [1.807, 2.05) is 12.1 Å². The predicted molar refractivity (Wildman–Crippen MR) is 103 cm³/mol. The summed E-state index contributed by atoms with van der Waals surface area (Å²) < 4.78 is 22.9. The Balaban J connectivity index is 1.58. The van der Waals surface area contributed by atoms with Crippen molar-refractivity contribution < 1.29 is 18.0 Å². The van der Waals surface area contributed by atoms with Gasteiger partial charge in [0.15, 0.2) is 9.84 Å². The fourth-order valence-corrected chi connectivity index (χ4v) is 4.45. The number of rotatable bonds is 5. The lowest BCUT2D eigenvalue weighted by Gasteiger charge is -2.11. The lowest BCUT2D eigenvalue weighted by atomic mass is 10.2. The maximum Gasteiger partial charge on any atom is 0.270 e. The summed E-state index contributed by atoms with van der Waals surface area (Å²) in [5.41, 5.74) is 2.43. The minimum absolute atomic E-state index is 0.0210. The molecule has 0 spiro atoms. The molecule has 8 nitrogen and oxygen atoms in total. The monoisotopic (exact) mass is 388 g/mol. The topological polar surface area (TPSA) is 117 Å². The van der Waals surface area contributed by atoms with Crippen LogP contribution >= 0.6 is 0 Å². The molecule has 1 aromatic carbocycles. The predicted octanol–water partition coefficient (Wildman–Crippen LogP) is 1.70. The average Bonchev–Trinajstić information content (AvgIpc) is 2.95. The van der Waals surface area contributed by atoms with Crippen LogP contribution in [0.2, 0.25) is 0 Å². The minimum Gasteiger partial charge on any atom is -0.354 e. The number of benzene rings is 1. The van der Waals surface area contributed by atoms with Gasteiger partial charge in [-0.15, -0.1) is 0 Å². The zero-order valence-corrected chi connectivity index (χ0v) is 15.5. The zero-order valence-electron chi connectivity index (χ0n) is 14.7. The molecule has 1 fully saturated rings. The summed E-state index contributed by atoms with van der Waals surface area (Å²) in [7, 11) is -3.04. The second-order valence-corrected chi connectivity index (χ2v) is 8.62. The van der Waals surface area contributed by atoms with Crippen LogP contribution in [-0.4, -0.2) is 42.8 Å². The first kappa shape index (κ1) is 18.8. The van der Waals surface area contributed by atoms with E-state index in [0.29, 0.717) is 17.8 Å². The van der Waals surface area contributed by atoms with E-state index in [2.05, 4.69) is 20.9 Å². The molecule has 142 valence electrons. The number of anilines is 3. The Bertz CT molecular complexity index is 940. The van der Waals surface area contributed by atoms with Gasteiger partial charge in [-0.05, 0) is 42.8 Å². The number of nitrogens with zero attached hydrogens (tertiary/aromatic N) is 1. The van der Waals surface area contributed by atoms with Crippen molar-refractivity contribution in [1.29, 1.82) is 0 Å². The van der Waals surface area contributed by atoms with Gasteiger partial charge in [0.05, 0.1) is 23.4 Å². The van der Waals surface area contributed by atoms with Crippen LogP contribution in [0.4, 0.5) is 17.1 Å². The van der Waals surface area contributed by atoms with E-state index in [1.54, 1.807) is 24.3 Å². The van der Waals surface area contributed by atoms with Gasteiger partial charge in [0.25, 0.3) is 5.91 Å². The molecule has 3 rings (SSSR count). The van der Waals surface area contributed by atoms with Crippen LogP contribution in [0.5, 0.6) is 0 Å². The molecule has 2 amide bonds. The van der Waals surface area contributed by atoms with Crippen molar-refractivity contribution in [3.63, 3.8) is 0 Å². The molecule has 1 saturated heterocycles. The van der Waals surface area contributed by atoms with Crippen LogP contribution in [0.1, 0.15) is 23.8 Å². The number of sulfone groups is 1. The molecule has 1 unspecified atom stereocenters. The third-order valence-electron chi connectivity index (χ3n) is 4.06. The number of aromatic nitrogens is 1. The Hall–Kier alpha value is -2.94. The summed E-state index contributed by atoms with van der Waals surface area (Å²) in [6, 6.07) is 10.1. The van der Waals surface area contributed by atoms with Gasteiger partial charge in [-0.25, -0.2) is 13.4 Å². The highest BCUT2D eigenvalue weighted by atomic mass is 32.2. The third kappa shape index (κ3) is 5.27. The van der Waals surface area contributed by atoms with Crippen LogP contribution in [0.25, 0.3) is 0 Å². The normalized spacial score (nSPS) is 17.9. The molecule has 1 aromatic heterocycles. The van der Waals surface area contributed by atoms with Crippen LogP contribution in [0.3, 0.4) is 0 Å². The summed E-state index contributed by atoms with van der Waals surface area (Å²) in [5.74, 6) is -0.436. The summed E-state index contributed by atoms with van der Waals surface area (Å²) >= 11 is 0. The maximum atomic E-state index is 12.2. The number of hydrogen-bond donors (Lipinski definition) is 3.